The van der Waals surface area contributed by atoms with Crippen molar-refractivity contribution in [2.45, 2.75) is 70.4 Å². The maximum absolute atomic E-state index is 5.70. The van der Waals surface area contributed by atoms with E-state index in [1.54, 1.807) is 0 Å². The van der Waals surface area contributed by atoms with E-state index in [1.807, 2.05) is 0 Å². The summed E-state index contributed by atoms with van der Waals surface area (Å²) < 4.78 is 5.70. The summed E-state index contributed by atoms with van der Waals surface area (Å²) in [6, 6.07) is 0.817. The smallest absolute Gasteiger partial charge is 0.0599 e. The topological polar surface area (TPSA) is 24.5 Å². The van der Waals surface area contributed by atoms with Gasteiger partial charge in [0.25, 0.3) is 0 Å². The third-order valence-corrected chi connectivity index (χ3v) is 4.63. The Hall–Kier alpha value is -0.120. The van der Waals surface area contributed by atoms with E-state index in [1.165, 1.54) is 77.5 Å². The van der Waals surface area contributed by atoms with Crippen molar-refractivity contribution in [1.29, 1.82) is 0 Å². The number of nitrogens with zero attached hydrogens (tertiary/aromatic N) is 1. The van der Waals surface area contributed by atoms with Crippen molar-refractivity contribution in [3.05, 3.63) is 0 Å². The molecule has 0 amide bonds. The standard InChI is InChI=1S/C16H32N2O/c1-2-19-16-9-13-18(14-10-16)12-6-11-17-15-7-4-3-5-8-15/h15-17H,2-14H2,1H3. The van der Waals surface area contributed by atoms with Crippen LogP contribution >= 0.6 is 0 Å². The average Bonchev–Trinajstić information content (AvgIpc) is 2.47. The van der Waals surface area contributed by atoms with Gasteiger partial charge in [0.05, 0.1) is 6.10 Å². The Morgan fingerprint density at radius 3 is 2.47 bits per heavy atom. The normalized spacial score (nSPS) is 23.8. The fourth-order valence-electron chi connectivity index (χ4n) is 3.45. The molecule has 3 heteroatoms. The fraction of sp³-hybridized carbons (Fsp3) is 1.00. The average molecular weight is 268 g/mol. The summed E-state index contributed by atoms with van der Waals surface area (Å²) in [5, 5.41) is 3.74. The molecule has 1 saturated carbocycles. The number of piperidine rings is 1. The molecule has 0 atom stereocenters. The molecule has 2 aliphatic rings. The van der Waals surface area contributed by atoms with Gasteiger partial charge in [0.2, 0.25) is 0 Å². The quantitative estimate of drug-likeness (QED) is 0.719. The second-order valence-corrected chi connectivity index (χ2v) is 6.14. The molecule has 0 radical (unpaired) electrons. The van der Waals surface area contributed by atoms with Gasteiger partial charge in [-0.1, -0.05) is 19.3 Å². The Labute approximate surface area is 119 Å². The second-order valence-electron chi connectivity index (χ2n) is 6.14. The van der Waals surface area contributed by atoms with E-state index in [4.69, 9.17) is 4.74 Å². The second kappa shape index (κ2) is 8.93. The van der Waals surface area contributed by atoms with E-state index in [2.05, 4.69) is 17.1 Å². The summed E-state index contributed by atoms with van der Waals surface area (Å²) in [5.41, 5.74) is 0. The summed E-state index contributed by atoms with van der Waals surface area (Å²) in [6.45, 7) is 7.90. The minimum Gasteiger partial charge on any atom is -0.378 e. The van der Waals surface area contributed by atoms with Gasteiger partial charge in [-0.05, 0) is 52.1 Å². The SMILES string of the molecule is CCOC1CCN(CCCNC2CCCCC2)CC1. The van der Waals surface area contributed by atoms with Crippen LogP contribution in [0.2, 0.25) is 0 Å². The molecule has 2 fully saturated rings. The van der Waals surface area contributed by atoms with Crippen LogP contribution < -0.4 is 5.32 Å². The molecule has 0 aromatic carbocycles. The zero-order valence-corrected chi connectivity index (χ0v) is 12.7. The lowest BCUT2D eigenvalue weighted by Crippen LogP contribution is -2.39. The first-order valence-corrected chi connectivity index (χ1v) is 8.46. The lowest BCUT2D eigenvalue weighted by Gasteiger charge is -2.32. The predicted molar refractivity (Wildman–Crippen MR) is 80.6 cm³/mol. The van der Waals surface area contributed by atoms with Crippen LogP contribution in [-0.2, 0) is 4.74 Å². The van der Waals surface area contributed by atoms with Crippen LogP contribution in [0.4, 0.5) is 0 Å². The third kappa shape index (κ3) is 5.80. The number of hydrogen-bond donors (Lipinski definition) is 1. The molecule has 2 rings (SSSR count). The van der Waals surface area contributed by atoms with Gasteiger partial charge < -0.3 is 15.0 Å². The summed E-state index contributed by atoms with van der Waals surface area (Å²) in [5.74, 6) is 0. The first-order chi connectivity index (χ1) is 9.38. The molecule has 0 aromatic heterocycles. The van der Waals surface area contributed by atoms with E-state index in [0.29, 0.717) is 6.10 Å². The lowest BCUT2D eigenvalue weighted by atomic mass is 9.95. The zero-order valence-electron chi connectivity index (χ0n) is 12.7. The predicted octanol–water partition coefficient (Wildman–Crippen LogP) is 2.80. The number of likely N-dealkylation sites (tertiary alicyclic amines) is 1. The van der Waals surface area contributed by atoms with Crippen LogP contribution in [0.25, 0.3) is 0 Å². The minimum absolute atomic E-state index is 0.529. The largest absolute Gasteiger partial charge is 0.378 e. The number of ether oxygens (including phenoxy) is 1. The Balaban J connectivity index is 1.47. The highest BCUT2D eigenvalue weighted by molar-refractivity contribution is 4.74. The Morgan fingerprint density at radius 2 is 1.79 bits per heavy atom. The molecule has 0 spiro atoms. The number of hydrogen-bond acceptors (Lipinski definition) is 3. The van der Waals surface area contributed by atoms with Gasteiger partial charge in [0.15, 0.2) is 0 Å². The molecule has 1 heterocycles. The van der Waals surface area contributed by atoms with Crippen LogP contribution in [0, 0.1) is 0 Å². The maximum Gasteiger partial charge on any atom is 0.0599 e. The zero-order chi connectivity index (χ0) is 13.3. The third-order valence-electron chi connectivity index (χ3n) is 4.63. The molecule has 3 nitrogen and oxygen atoms in total. The van der Waals surface area contributed by atoms with Crippen molar-refractivity contribution in [3.8, 4) is 0 Å². The number of nitrogens with one attached hydrogen (secondary N) is 1. The van der Waals surface area contributed by atoms with Crippen LogP contribution in [-0.4, -0.2) is 49.8 Å². The van der Waals surface area contributed by atoms with Gasteiger partial charge in [-0.15, -0.1) is 0 Å². The molecular formula is C16H32N2O. The van der Waals surface area contributed by atoms with Crippen LogP contribution in [0.15, 0.2) is 0 Å². The first kappa shape index (κ1) is 15.3. The summed E-state index contributed by atoms with van der Waals surface area (Å²) in [6.07, 6.45) is 11.4. The molecule has 1 aliphatic carbocycles. The van der Waals surface area contributed by atoms with Gasteiger partial charge in [-0.2, -0.15) is 0 Å². The van der Waals surface area contributed by atoms with E-state index in [0.717, 1.165) is 12.6 Å². The monoisotopic (exact) mass is 268 g/mol. The van der Waals surface area contributed by atoms with Crippen molar-refractivity contribution in [1.82, 2.24) is 10.2 Å². The fourth-order valence-corrected chi connectivity index (χ4v) is 3.45. The van der Waals surface area contributed by atoms with Crippen LogP contribution in [0.1, 0.15) is 58.3 Å². The molecule has 112 valence electrons. The molecule has 0 unspecified atom stereocenters. The minimum atomic E-state index is 0.529. The molecule has 1 N–H and O–H groups in total. The van der Waals surface area contributed by atoms with Crippen molar-refractivity contribution in [2.75, 3.05) is 32.8 Å². The van der Waals surface area contributed by atoms with Gasteiger partial charge in [-0.3, -0.25) is 0 Å². The summed E-state index contributed by atoms with van der Waals surface area (Å²) >= 11 is 0. The molecule has 0 aromatic rings. The van der Waals surface area contributed by atoms with E-state index < -0.39 is 0 Å². The highest BCUT2D eigenvalue weighted by atomic mass is 16.5. The van der Waals surface area contributed by atoms with Crippen LogP contribution in [0.5, 0.6) is 0 Å². The maximum atomic E-state index is 5.70. The van der Waals surface area contributed by atoms with E-state index in [-0.39, 0.29) is 0 Å². The molecule has 1 aliphatic heterocycles. The van der Waals surface area contributed by atoms with Crippen LogP contribution in [0.3, 0.4) is 0 Å². The first-order valence-electron chi connectivity index (χ1n) is 8.46. The molecule has 1 saturated heterocycles. The van der Waals surface area contributed by atoms with E-state index in [9.17, 15) is 0 Å². The van der Waals surface area contributed by atoms with Gasteiger partial charge in [0.1, 0.15) is 0 Å². The molecular weight excluding hydrogens is 236 g/mol. The van der Waals surface area contributed by atoms with E-state index >= 15 is 0 Å². The lowest BCUT2D eigenvalue weighted by molar-refractivity contribution is 0.0141. The van der Waals surface area contributed by atoms with Crippen molar-refractivity contribution in [3.63, 3.8) is 0 Å². The van der Waals surface area contributed by atoms with Gasteiger partial charge in [-0.25, -0.2) is 0 Å². The summed E-state index contributed by atoms with van der Waals surface area (Å²) in [7, 11) is 0. The Kier molecular flexibility index (Phi) is 7.18. The van der Waals surface area contributed by atoms with Crippen molar-refractivity contribution < 1.29 is 4.74 Å². The van der Waals surface area contributed by atoms with Crippen molar-refractivity contribution in [2.24, 2.45) is 0 Å². The van der Waals surface area contributed by atoms with Gasteiger partial charge >= 0.3 is 0 Å². The molecule has 0 bridgehead atoms. The highest BCUT2D eigenvalue weighted by Crippen LogP contribution is 2.17. The number of rotatable bonds is 7. The molecule has 19 heavy (non-hydrogen) atoms. The summed E-state index contributed by atoms with van der Waals surface area (Å²) in [4.78, 5) is 2.61. The highest BCUT2D eigenvalue weighted by Gasteiger charge is 2.18. The Bertz CT molecular complexity index is 221. The Morgan fingerprint density at radius 1 is 1.05 bits per heavy atom. The van der Waals surface area contributed by atoms with Gasteiger partial charge in [0, 0.05) is 25.7 Å². The van der Waals surface area contributed by atoms with Crippen molar-refractivity contribution >= 4 is 0 Å².